The van der Waals surface area contributed by atoms with Crippen molar-refractivity contribution in [2.75, 3.05) is 6.26 Å². The molecule has 0 amide bonds. The first kappa shape index (κ1) is 18.5. The molecule has 3 aromatic rings. The third-order valence-electron chi connectivity index (χ3n) is 4.10. The summed E-state index contributed by atoms with van der Waals surface area (Å²) in [5, 5.41) is 0. The number of benzene rings is 2. The lowest BCUT2D eigenvalue weighted by Gasteiger charge is -2.17. The minimum absolute atomic E-state index is 0.259. The zero-order chi connectivity index (χ0) is 18.9. The van der Waals surface area contributed by atoms with E-state index in [0.717, 1.165) is 26.7 Å². The van der Waals surface area contributed by atoms with Gasteiger partial charge in [-0.05, 0) is 53.4 Å². The van der Waals surface area contributed by atoms with E-state index in [9.17, 15) is 8.42 Å². The first-order chi connectivity index (χ1) is 12.3. The van der Waals surface area contributed by atoms with Crippen molar-refractivity contribution in [3.8, 4) is 22.4 Å². The smallest absolute Gasteiger partial charge is 0.176 e. The van der Waals surface area contributed by atoms with E-state index in [2.05, 4.69) is 27.5 Å². The lowest BCUT2D eigenvalue weighted by Crippen LogP contribution is -2.04. The van der Waals surface area contributed by atoms with Gasteiger partial charge in [0.05, 0.1) is 10.6 Å². The average molecular weight is 428 g/mol. The Hall–Kier alpha value is -2.24. The van der Waals surface area contributed by atoms with Crippen LogP contribution in [-0.2, 0) is 9.84 Å². The van der Waals surface area contributed by atoms with Gasteiger partial charge in [-0.25, -0.2) is 8.42 Å². The van der Waals surface area contributed by atoms with Gasteiger partial charge in [0.15, 0.2) is 9.84 Å². The minimum atomic E-state index is -3.44. The van der Waals surface area contributed by atoms with Gasteiger partial charge in [-0.15, -0.1) is 0 Å². The van der Waals surface area contributed by atoms with E-state index in [1.807, 2.05) is 43.3 Å². The second-order valence-electron chi connectivity index (χ2n) is 6.11. The van der Waals surface area contributed by atoms with Crippen LogP contribution in [0.3, 0.4) is 0 Å². The summed E-state index contributed by atoms with van der Waals surface area (Å²) in [5.41, 5.74) is 4.79. The van der Waals surface area contributed by atoms with Crippen LogP contribution in [0.25, 0.3) is 28.5 Å². The minimum Gasteiger partial charge on any atom is -0.256 e. The van der Waals surface area contributed by atoms with Crippen molar-refractivity contribution >= 4 is 31.8 Å². The standard InChI is InChI=1S/C21H18BrNO2S/c1-4-15-9-11-19(26(3,24)25)21(18-10-8-14(2)13-23-18)20(15)16-6-5-7-17(22)12-16/h4-13H,1H2,2-3H3. The summed E-state index contributed by atoms with van der Waals surface area (Å²) in [4.78, 5) is 4.75. The highest BCUT2D eigenvalue weighted by molar-refractivity contribution is 9.10. The highest BCUT2D eigenvalue weighted by Gasteiger charge is 2.22. The van der Waals surface area contributed by atoms with Gasteiger partial charge in [-0.3, -0.25) is 4.98 Å². The maximum absolute atomic E-state index is 12.5. The van der Waals surface area contributed by atoms with Gasteiger partial charge in [0.2, 0.25) is 0 Å². The van der Waals surface area contributed by atoms with Crippen molar-refractivity contribution in [3.05, 3.63) is 76.9 Å². The second-order valence-corrected chi connectivity index (χ2v) is 9.01. The van der Waals surface area contributed by atoms with E-state index in [4.69, 9.17) is 0 Å². The Kier molecular flexibility index (Phi) is 5.12. The van der Waals surface area contributed by atoms with Gasteiger partial charge in [0, 0.05) is 22.5 Å². The van der Waals surface area contributed by atoms with Gasteiger partial charge in [-0.1, -0.05) is 52.9 Å². The quantitative estimate of drug-likeness (QED) is 0.549. The number of rotatable bonds is 4. The summed E-state index contributed by atoms with van der Waals surface area (Å²) in [6.45, 7) is 5.85. The topological polar surface area (TPSA) is 47.0 Å². The Morgan fingerprint density at radius 3 is 2.42 bits per heavy atom. The van der Waals surface area contributed by atoms with Crippen LogP contribution in [0.15, 0.2) is 70.7 Å². The molecular weight excluding hydrogens is 410 g/mol. The Morgan fingerprint density at radius 1 is 1.08 bits per heavy atom. The van der Waals surface area contributed by atoms with Crippen LogP contribution in [0.1, 0.15) is 11.1 Å². The summed E-state index contributed by atoms with van der Waals surface area (Å²) in [6.07, 6.45) is 4.70. The summed E-state index contributed by atoms with van der Waals surface area (Å²) in [5.74, 6) is 0. The lowest BCUT2D eigenvalue weighted by molar-refractivity contribution is 0.602. The fraction of sp³-hybridized carbons (Fsp3) is 0.0952. The van der Waals surface area contributed by atoms with E-state index in [1.54, 1.807) is 24.4 Å². The molecule has 0 fully saturated rings. The Bertz CT molecular complexity index is 1090. The number of hydrogen-bond acceptors (Lipinski definition) is 3. The molecule has 0 saturated heterocycles. The molecule has 5 heteroatoms. The zero-order valence-corrected chi connectivity index (χ0v) is 16.9. The summed E-state index contributed by atoms with van der Waals surface area (Å²) in [6, 6.07) is 15.0. The number of hydrogen-bond donors (Lipinski definition) is 0. The van der Waals surface area contributed by atoms with Crippen LogP contribution in [0.4, 0.5) is 0 Å². The van der Waals surface area contributed by atoms with Gasteiger partial charge in [0.25, 0.3) is 0 Å². The van der Waals surface area contributed by atoms with E-state index < -0.39 is 9.84 Å². The molecule has 3 nitrogen and oxygen atoms in total. The van der Waals surface area contributed by atoms with Crippen LogP contribution in [0.2, 0.25) is 0 Å². The van der Waals surface area contributed by atoms with Gasteiger partial charge < -0.3 is 0 Å². The molecule has 0 spiro atoms. The normalized spacial score (nSPS) is 11.3. The number of sulfone groups is 1. The van der Waals surface area contributed by atoms with Gasteiger partial charge in [-0.2, -0.15) is 0 Å². The summed E-state index contributed by atoms with van der Waals surface area (Å²) in [7, 11) is -3.44. The van der Waals surface area contributed by atoms with E-state index in [1.165, 1.54) is 6.26 Å². The number of halogens is 1. The van der Waals surface area contributed by atoms with Crippen molar-refractivity contribution in [1.82, 2.24) is 4.98 Å². The molecule has 3 rings (SSSR count). The van der Waals surface area contributed by atoms with Crippen LogP contribution >= 0.6 is 15.9 Å². The molecule has 0 aliphatic rings. The Labute approximate surface area is 162 Å². The Morgan fingerprint density at radius 2 is 1.85 bits per heavy atom. The van der Waals surface area contributed by atoms with E-state index >= 15 is 0 Å². The third-order valence-corrected chi connectivity index (χ3v) is 5.73. The van der Waals surface area contributed by atoms with Crippen molar-refractivity contribution in [2.24, 2.45) is 0 Å². The fourth-order valence-corrected chi connectivity index (χ4v) is 4.20. The van der Waals surface area contributed by atoms with E-state index in [-0.39, 0.29) is 4.90 Å². The highest BCUT2D eigenvalue weighted by Crippen LogP contribution is 2.40. The van der Waals surface area contributed by atoms with Gasteiger partial charge in [0.1, 0.15) is 0 Å². The second kappa shape index (κ2) is 7.17. The van der Waals surface area contributed by atoms with Crippen molar-refractivity contribution in [3.63, 3.8) is 0 Å². The molecule has 0 atom stereocenters. The predicted octanol–water partition coefficient (Wildman–Crippen LogP) is 5.53. The number of pyridine rings is 1. The predicted molar refractivity (Wildman–Crippen MR) is 111 cm³/mol. The maximum Gasteiger partial charge on any atom is 0.176 e. The first-order valence-electron chi connectivity index (χ1n) is 7.99. The van der Waals surface area contributed by atoms with Crippen molar-refractivity contribution in [1.29, 1.82) is 0 Å². The number of aromatic nitrogens is 1. The van der Waals surface area contributed by atoms with Crippen LogP contribution in [0.5, 0.6) is 0 Å². The van der Waals surface area contributed by atoms with Crippen molar-refractivity contribution in [2.45, 2.75) is 11.8 Å². The molecule has 0 radical (unpaired) electrons. The zero-order valence-electron chi connectivity index (χ0n) is 14.5. The summed E-state index contributed by atoms with van der Waals surface area (Å²) >= 11 is 3.49. The molecular formula is C21H18BrNO2S. The molecule has 1 aromatic heterocycles. The lowest BCUT2D eigenvalue weighted by atomic mass is 9.92. The highest BCUT2D eigenvalue weighted by atomic mass is 79.9. The molecule has 0 unspecified atom stereocenters. The number of aryl methyl sites for hydroxylation is 1. The van der Waals surface area contributed by atoms with Gasteiger partial charge >= 0.3 is 0 Å². The molecule has 1 heterocycles. The maximum atomic E-state index is 12.5. The molecule has 0 N–H and O–H groups in total. The van der Waals surface area contributed by atoms with Crippen LogP contribution < -0.4 is 0 Å². The molecule has 2 aromatic carbocycles. The number of nitrogens with zero attached hydrogens (tertiary/aromatic N) is 1. The van der Waals surface area contributed by atoms with Crippen molar-refractivity contribution < 1.29 is 8.42 Å². The average Bonchev–Trinajstić information content (AvgIpc) is 2.60. The molecule has 26 heavy (non-hydrogen) atoms. The van der Waals surface area contributed by atoms with Crippen LogP contribution in [0, 0.1) is 6.92 Å². The van der Waals surface area contributed by atoms with E-state index in [0.29, 0.717) is 11.3 Å². The van der Waals surface area contributed by atoms with Crippen LogP contribution in [-0.4, -0.2) is 19.7 Å². The molecule has 0 aliphatic heterocycles. The SMILES string of the molecule is C=Cc1ccc(S(C)(=O)=O)c(-c2ccc(C)cn2)c1-c1cccc(Br)c1. The Balaban J connectivity index is 2.48. The summed E-state index contributed by atoms with van der Waals surface area (Å²) < 4.78 is 25.9. The fourth-order valence-electron chi connectivity index (χ4n) is 2.90. The molecule has 132 valence electrons. The molecule has 0 bridgehead atoms. The monoisotopic (exact) mass is 427 g/mol. The molecule has 0 saturated carbocycles. The third kappa shape index (κ3) is 3.64. The largest absolute Gasteiger partial charge is 0.256 e. The molecule has 0 aliphatic carbocycles. The first-order valence-corrected chi connectivity index (χ1v) is 10.7.